The molecule has 1 unspecified atom stereocenters. The smallest absolute Gasteiger partial charge is 0.291 e. The second-order valence-corrected chi connectivity index (χ2v) is 7.71. The van der Waals surface area contributed by atoms with Crippen molar-refractivity contribution in [3.05, 3.63) is 54.4 Å². The molecule has 2 aromatic heterocycles. The van der Waals surface area contributed by atoms with Gasteiger partial charge >= 0.3 is 0 Å². The number of ether oxygens (including phenoxy) is 1. The zero-order chi connectivity index (χ0) is 16.4. The Balaban J connectivity index is 1.28. The number of rotatable bonds is 4. The highest BCUT2D eigenvalue weighted by atomic mass is 32.2. The van der Waals surface area contributed by atoms with Gasteiger partial charge in [0.05, 0.1) is 17.5 Å². The summed E-state index contributed by atoms with van der Waals surface area (Å²) in [7, 11) is 0. The van der Waals surface area contributed by atoms with E-state index in [0.717, 1.165) is 30.8 Å². The van der Waals surface area contributed by atoms with Gasteiger partial charge in [0.25, 0.3) is 5.91 Å². The second-order valence-electron chi connectivity index (χ2n) is 6.23. The molecule has 0 N–H and O–H groups in total. The summed E-state index contributed by atoms with van der Waals surface area (Å²) in [4.78, 5) is 26.3. The highest BCUT2D eigenvalue weighted by Crippen LogP contribution is 2.46. The molecule has 7 heteroatoms. The first-order chi connectivity index (χ1) is 11.7. The molecule has 2 aliphatic heterocycles. The van der Waals surface area contributed by atoms with Crippen molar-refractivity contribution in [2.45, 2.75) is 23.9 Å². The molecule has 1 atom stereocenters. The van der Waals surface area contributed by atoms with E-state index in [9.17, 15) is 4.79 Å². The van der Waals surface area contributed by atoms with Crippen LogP contribution in [0.3, 0.4) is 0 Å². The zero-order valence-corrected chi connectivity index (χ0v) is 14.0. The van der Waals surface area contributed by atoms with Crippen molar-refractivity contribution in [3.8, 4) is 0 Å². The lowest BCUT2D eigenvalue weighted by atomic mass is 9.93. The van der Waals surface area contributed by atoms with Gasteiger partial charge in [-0.05, 0) is 24.1 Å². The molecular formula is C17H18N4O2S. The molecular weight excluding hydrogens is 324 g/mol. The quantitative estimate of drug-likeness (QED) is 0.844. The molecule has 2 aliphatic rings. The average molecular weight is 342 g/mol. The third-order valence-corrected chi connectivity index (χ3v) is 5.96. The number of thioether (sulfide) groups is 1. The van der Waals surface area contributed by atoms with Crippen LogP contribution in [0, 0.1) is 0 Å². The van der Waals surface area contributed by atoms with Crippen LogP contribution in [0.4, 0.5) is 0 Å². The van der Waals surface area contributed by atoms with Crippen molar-refractivity contribution in [1.82, 2.24) is 19.9 Å². The highest BCUT2D eigenvalue weighted by molar-refractivity contribution is 8.01. The molecule has 0 saturated carbocycles. The summed E-state index contributed by atoms with van der Waals surface area (Å²) < 4.78 is 6.15. The minimum absolute atomic E-state index is 0.0819. The highest BCUT2D eigenvalue weighted by Gasteiger charge is 2.51. The van der Waals surface area contributed by atoms with Crippen LogP contribution in [0.1, 0.15) is 22.6 Å². The molecule has 4 heterocycles. The Morgan fingerprint density at radius 2 is 2.12 bits per heavy atom. The van der Waals surface area contributed by atoms with Crippen molar-refractivity contribution >= 4 is 17.7 Å². The lowest BCUT2D eigenvalue weighted by Crippen LogP contribution is -2.61. The molecule has 0 bridgehead atoms. The lowest BCUT2D eigenvalue weighted by molar-refractivity contribution is 0.0250. The van der Waals surface area contributed by atoms with Crippen LogP contribution < -0.4 is 0 Å². The van der Waals surface area contributed by atoms with Gasteiger partial charge in [0.2, 0.25) is 5.82 Å². The minimum atomic E-state index is -0.0819. The van der Waals surface area contributed by atoms with Gasteiger partial charge < -0.3 is 9.64 Å². The normalized spacial score (nSPS) is 21.7. The fraction of sp³-hybridized carbons (Fsp3) is 0.412. The summed E-state index contributed by atoms with van der Waals surface area (Å²) in [5.41, 5.74) is 1.09. The van der Waals surface area contributed by atoms with Gasteiger partial charge in [-0.3, -0.25) is 9.78 Å². The van der Waals surface area contributed by atoms with Crippen molar-refractivity contribution in [3.63, 3.8) is 0 Å². The molecule has 0 aliphatic carbocycles. The van der Waals surface area contributed by atoms with Crippen LogP contribution >= 0.6 is 11.8 Å². The molecule has 1 amide bonds. The average Bonchev–Trinajstić information content (AvgIpc) is 3.04. The van der Waals surface area contributed by atoms with E-state index in [0.29, 0.717) is 6.61 Å². The number of nitrogens with zero attached hydrogens (tertiary/aromatic N) is 4. The Kier molecular flexibility index (Phi) is 4.20. The predicted octanol–water partition coefficient (Wildman–Crippen LogP) is 1.79. The molecule has 124 valence electrons. The van der Waals surface area contributed by atoms with E-state index >= 15 is 0 Å². The standard InChI is InChI=1S/C17H18N4O2S/c22-16(15-19-5-2-6-20-15)21-11-17(12-21)7-14(10-24-17)23-9-13-3-1-4-18-8-13/h1-6,8,14H,7,9-12H2. The number of aromatic nitrogens is 3. The first-order valence-corrected chi connectivity index (χ1v) is 8.93. The molecule has 2 fully saturated rings. The monoisotopic (exact) mass is 342 g/mol. The Morgan fingerprint density at radius 1 is 1.29 bits per heavy atom. The van der Waals surface area contributed by atoms with E-state index in [-0.39, 0.29) is 22.6 Å². The molecule has 0 aromatic carbocycles. The Morgan fingerprint density at radius 3 is 2.88 bits per heavy atom. The van der Waals surface area contributed by atoms with Crippen LogP contribution in [0.5, 0.6) is 0 Å². The first-order valence-electron chi connectivity index (χ1n) is 7.95. The molecule has 2 saturated heterocycles. The summed E-state index contributed by atoms with van der Waals surface area (Å²) in [6.07, 6.45) is 8.02. The fourth-order valence-corrected chi connectivity index (χ4v) is 4.72. The van der Waals surface area contributed by atoms with Crippen LogP contribution in [-0.4, -0.2) is 55.5 Å². The maximum atomic E-state index is 12.3. The SMILES string of the molecule is O=C(c1ncccn1)N1CC2(CC(OCc3cccnc3)CS2)C1. The molecule has 2 aromatic rings. The van der Waals surface area contributed by atoms with Crippen molar-refractivity contribution < 1.29 is 9.53 Å². The largest absolute Gasteiger partial charge is 0.373 e. The van der Waals surface area contributed by atoms with Gasteiger partial charge in [-0.1, -0.05) is 6.07 Å². The van der Waals surface area contributed by atoms with Gasteiger partial charge in [0.1, 0.15) is 0 Å². The van der Waals surface area contributed by atoms with Crippen LogP contribution in [0.25, 0.3) is 0 Å². The molecule has 24 heavy (non-hydrogen) atoms. The van der Waals surface area contributed by atoms with Crippen molar-refractivity contribution in [2.24, 2.45) is 0 Å². The zero-order valence-electron chi connectivity index (χ0n) is 13.2. The van der Waals surface area contributed by atoms with Gasteiger partial charge in [-0.15, -0.1) is 11.8 Å². The van der Waals surface area contributed by atoms with E-state index in [2.05, 4.69) is 15.0 Å². The Bertz CT molecular complexity index is 707. The summed E-state index contributed by atoms with van der Waals surface area (Å²) in [5.74, 6) is 1.17. The number of amides is 1. The number of likely N-dealkylation sites (tertiary alicyclic amines) is 1. The number of pyridine rings is 1. The predicted molar refractivity (Wildman–Crippen MR) is 90.6 cm³/mol. The van der Waals surface area contributed by atoms with Crippen LogP contribution in [-0.2, 0) is 11.3 Å². The summed E-state index contributed by atoms with van der Waals surface area (Å²) in [6.45, 7) is 2.10. The maximum Gasteiger partial charge on any atom is 0.291 e. The van der Waals surface area contributed by atoms with Crippen LogP contribution in [0.2, 0.25) is 0 Å². The van der Waals surface area contributed by atoms with Crippen LogP contribution in [0.15, 0.2) is 43.0 Å². The Labute approximate surface area is 144 Å². The van der Waals surface area contributed by atoms with Crippen molar-refractivity contribution in [1.29, 1.82) is 0 Å². The van der Waals surface area contributed by atoms with Gasteiger partial charge in [0.15, 0.2) is 0 Å². The van der Waals surface area contributed by atoms with Gasteiger partial charge in [-0.25, -0.2) is 9.97 Å². The van der Waals surface area contributed by atoms with E-state index in [1.165, 1.54) is 0 Å². The van der Waals surface area contributed by atoms with Crippen molar-refractivity contribution in [2.75, 3.05) is 18.8 Å². The first kappa shape index (κ1) is 15.5. The van der Waals surface area contributed by atoms with Gasteiger partial charge in [-0.2, -0.15) is 0 Å². The number of carbonyl (C=O) groups excluding carboxylic acids is 1. The molecule has 0 radical (unpaired) electrons. The topological polar surface area (TPSA) is 68.2 Å². The van der Waals surface area contributed by atoms with Gasteiger partial charge in [0, 0.05) is 43.6 Å². The summed E-state index contributed by atoms with van der Waals surface area (Å²) in [6, 6.07) is 5.66. The molecule has 1 spiro atoms. The third kappa shape index (κ3) is 3.14. The number of hydrogen-bond acceptors (Lipinski definition) is 6. The number of carbonyl (C=O) groups is 1. The van der Waals surface area contributed by atoms with E-state index < -0.39 is 0 Å². The summed E-state index contributed by atoms with van der Waals surface area (Å²) in [5, 5.41) is 0. The minimum Gasteiger partial charge on any atom is -0.373 e. The molecule has 4 rings (SSSR count). The third-order valence-electron chi connectivity index (χ3n) is 4.39. The summed E-state index contributed by atoms with van der Waals surface area (Å²) >= 11 is 1.92. The maximum absolute atomic E-state index is 12.3. The lowest BCUT2D eigenvalue weighted by Gasteiger charge is -2.47. The van der Waals surface area contributed by atoms with E-state index in [1.54, 1.807) is 24.7 Å². The second kappa shape index (κ2) is 6.49. The number of hydrogen-bond donors (Lipinski definition) is 0. The molecule has 6 nitrogen and oxygen atoms in total. The fourth-order valence-electron chi connectivity index (χ4n) is 3.17. The van der Waals surface area contributed by atoms with E-state index in [4.69, 9.17) is 4.74 Å². The Hall–Kier alpha value is -1.99. The van der Waals surface area contributed by atoms with E-state index in [1.807, 2.05) is 35.0 Å².